The zero-order valence-electron chi connectivity index (χ0n) is 14.9. The maximum atomic E-state index is 5.92. The molecule has 3 heteroatoms. The molecule has 0 N–H and O–H groups in total. The quantitative estimate of drug-likeness (QED) is 0.327. The van der Waals surface area contributed by atoms with Crippen molar-refractivity contribution in [2.45, 2.75) is 54.4 Å². The summed E-state index contributed by atoms with van der Waals surface area (Å²) >= 11 is 2.33. The first-order chi connectivity index (χ1) is 9.66. The van der Waals surface area contributed by atoms with Gasteiger partial charge in [0.2, 0.25) is 0 Å². The van der Waals surface area contributed by atoms with Gasteiger partial charge in [0, 0.05) is 11.0 Å². The van der Waals surface area contributed by atoms with Crippen molar-refractivity contribution in [3.8, 4) is 0 Å². The van der Waals surface area contributed by atoms with Crippen LogP contribution in [0.2, 0.25) is 0 Å². The fourth-order valence-electron chi connectivity index (χ4n) is 3.59. The van der Waals surface area contributed by atoms with Gasteiger partial charge in [-0.15, -0.1) is 0 Å². The van der Waals surface area contributed by atoms with Crippen molar-refractivity contribution in [2.24, 2.45) is 28.6 Å². The van der Waals surface area contributed by atoms with E-state index in [1.807, 2.05) is 0 Å². The first kappa shape index (κ1) is 19.7. The minimum atomic E-state index is 0.381. The Morgan fingerprint density at radius 3 is 2.00 bits per heavy atom. The van der Waals surface area contributed by atoms with Crippen LogP contribution in [-0.4, -0.2) is 30.9 Å². The second-order valence-electron chi connectivity index (χ2n) is 8.64. The molecule has 0 heterocycles. The van der Waals surface area contributed by atoms with Crippen molar-refractivity contribution in [1.29, 1.82) is 0 Å². The number of ether oxygens (including phenoxy) is 2. The molecule has 0 aromatic rings. The van der Waals surface area contributed by atoms with Crippen LogP contribution in [-0.2, 0) is 9.47 Å². The Morgan fingerprint density at radius 2 is 1.48 bits per heavy atom. The van der Waals surface area contributed by atoms with Crippen molar-refractivity contribution in [3.63, 3.8) is 0 Å². The first-order valence-electron chi connectivity index (χ1n) is 8.37. The lowest BCUT2D eigenvalue weighted by molar-refractivity contribution is 0.0201. The van der Waals surface area contributed by atoms with Gasteiger partial charge >= 0.3 is 0 Å². The Balaban J connectivity index is 2.45. The second kappa shape index (κ2) is 8.49. The van der Waals surface area contributed by atoms with Gasteiger partial charge in [-0.2, -0.15) is 0 Å². The second-order valence-corrected chi connectivity index (χ2v) is 9.72. The van der Waals surface area contributed by atoms with Crippen molar-refractivity contribution in [1.82, 2.24) is 0 Å². The summed E-state index contributed by atoms with van der Waals surface area (Å²) in [6.45, 7) is 17.5. The summed E-state index contributed by atoms with van der Waals surface area (Å²) in [5, 5.41) is 0. The predicted molar refractivity (Wildman–Crippen MR) is 99.1 cm³/mol. The highest BCUT2D eigenvalue weighted by atomic mass is 127. The van der Waals surface area contributed by atoms with Crippen LogP contribution in [0.4, 0.5) is 0 Å². The molecular formula is C18H35IO2. The van der Waals surface area contributed by atoms with Gasteiger partial charge in [0.1, 0.15) is 0 Å². The highest BCUT2D eigenvalue weighted by Gasteiger charge is 2.44. The van der Waals surface area contributed by atoms with Gasteiger partial charge in [-0.25, -0.2) is 0 Å². The zero-order valence-corrected chi connectivity index (χ0v) is 17.0. The van der Waals surface area contributed by atoms with Crippen LogP contribution in [0.1, 0.15) is 54.4 Å². The number of hydrogen-bond donors (Lipinski definition) is 0. The van der Waals surface area contributed by atoms with Crippen LogP contribution >= 0.6 is 22.6 Å². The van der Waals surface area contributed by atoms with Crippen molar-refractivity contribution in [3.05, 3.63) is 0 Å². The SMILES string of the molecule is CC(C)(C)C1CC(COCCOCCI)C(C(C)(C)C)C1. The average molecular weight is 410 g/mol. The van der Waals surface area contributed by atoms with E-state index in [2.05, 4.69) is 64.1 Å². The fraction of sp³-hybridized carbons (Fsp3) is 1.00. The van der Waals surface area contributed by atoms with Crippen molar-refractivity contribution in [2.75, 3.05) is 30.9 Å². The normalized spacial score (nSPS) is 27.3. The Hall–Kier alpha value is 0.650. The van der Waals surface area contributed by atoms with Gasteiger partial charge in [0.15, 0.2) is 0 Å². The molecule has 0 amide bonds. The molecule has 1 fully saturated rings. The third kappa shape index (κ3) is 6.74. The third-order valence-electron chi connectivity index (χ3n) is 4.96. The van der Waals surface area contributed by atoms with E-state index in [1.165, 1.54) is 12.8 Å². The highest BCUT2D eigenvalue weighted by molar-refractivity contribution is 14.1. The van der Waals surface area contributed by atoms with Gasteiger partial charge in [-0.05, 0) is 41.4 Å². The van der Waals surface area contributed by atoms with E-state index in [-0.39, 0.29) is 0 Å². The summed E-state index contributed by atoms with van der Waals surface area (Å²) in [5.41, 5.74) is 0.799. The molecule has 1 saturated carbocycles. The van der Waals surface area contributed by atoms with Crippen LogP contribution in [0.5, 0.6) is 0 Å². The molecule has 0 bridgehead atoms. The van der Waals surface area contributed by atoms with E-state index < -0.39 is 0 Å². The number of hydrogen-bond acceptors (Lipinski definition) is 2. The topological polar surface area (TPSA) is 18.5 Å². The molecule has 1 rings (SSSR count). The van der Waals surface area contributed by atoms with Crippen LogP contribution in [0, 0.1) is 28.6 Å². The van der Waals surface area contributed by atoms with Crippen LogP contribution < -0.4 is 0 Å². The van der Waals surface area contributed by atoms with E-state index in [0.29, 0.717) is 16.7 Å². The molecular weight excluding hydrogens is 375 g/mol. The Morgan fingerprint density at radius 1 is 0.857 bits per heavy atom. The maximum Gasteiger partial charge on any atom is 0.0700 e. The summed E-state index contributed by atoms with van der Waals surface area (Å²) in [5.74, 6) is 2.31. The molecule has 1 aliphatic rings. The Kier molecular flexibility index (Phi) is 7.96. The summed E-state index contributed by atoms with van der Waals surface area (Å²) in [6.07, 6.45) is 2.67. The molecule has 0 aliphatic heterocycles. The first-order valence-corrected chi connectivity index (χ1v) is 9.90. The summed E-state index contributed by atoms with van der Waals surface area (Å²) in [7, 11) is 0. The molecule has 0 saturated heterocycles. The fourth-order valence-corrected chi connectivity index (χ4v) is 3.90. The molecule has 3 atom stereocenters. The van der Waals surface area contributed by atoms with Gasteiger partial charge in [0.05, 0.1) is 19.8 Å². The summed E-state index contributed by atoms with van der Waals surface area (Å²) < 4.78 is 12.5. The van der Waals surface area contributed by atoms with E-state index in [4.69, 9.17) is 9.47 Å². The van der Waals surface area contributed by atoms with Crippen LogP contribution in [0.3, 0.4) is 0 Å². The lowest BCUT2D eigenvalue weighted by Gasteiger charge is -2.33. The standard InChI is InChI=1S/C18H35IO2/c1-17(2,3)15-11-14(16(12-15)18(4,5)6)13-21-10-9-20-8-7-19/h14-16H,7-13H2,1-6H3. The monoisotopic (exact) mass is 410 g/mol. The number of alkyl halides is 1. The molecule has 0 aromatic heterocycles. The number of halogens is 1. The largest absolute Gasteiger partial charge is 0.379 e. The smallest absolute Gasteiger partial charge is 0.0700 e. The van der Waals surface area contributed by atoms with Crippen LogP contribution in [0.25, 0.3) is 0 Å². The highest BCUT2D eigenvalue weighted by Crippen LogP contribution is 2.51. The molecule has 3 unspecified atom stereocenters. The lowest BCUT2D eigenvalue weighted by atomic mass is 9.74. The van der Waals surface area contributed by atoms with E-state index in [9.17, 15) is 0 Å². The maximum absolute atomic E-state index is 5.92. The lowest BCUT2D eigenvalue weighted by Crippen LogP contribution is -2.27. The Bertz CT molecular complexity index is 291. The van der Waals surface area contributed by atoms with Crippen molar-refractivity contribution >= 4 is 22.6 Å². The minimum Gasteiger partial charge on any atom is -0.379 e. The van der Waals surface area contributed by atoms with Crippen molar-refractivity contribution < 1.29 is 9.47 Å². The van der Waals surface area contributed by atoms with E-state index >= 15 is 0 Å². The zero-order chi connectivity index (χ0) is 16.1. The van der Waals surface area contributed by atoms with Gasteiger partial charge in [-0.1, -0.05) is 64.1 Å². The minimum absolute atomic E-state index is 0.381. The average Bonchev–Trinajstić information content (AvgIpc) is 2.77. The molecule has 0 aromatic carbocycles. The molecule has 1 aliphatic carbocycles. The summed E-state index contributed by atoms with van der Waals surface area (Å²) in [6, 6.07) is 0. The molecule has 126 valence electrons. The molecule has 0 radical (unpaired) electrons. The van der Waals surface area contributed by atoms with Gasteiger partial charge in [-0.3, -0.25) is 0 Å². The van der Waals surface area contributed by atoms with Gasteiger partial charge in [0.25, 0.3) is 0 Å². The predicted octanol–water partition coefficient (Wildman–Crippen LogP) is 5.19. The molecule has 21 heavy (non-hydrogen) atoms. The van der Waals surface area contributed by atoms with E-state index in [0.717, 1.165) is 42.7 Å². The molecule has 2 nitrogen and oxygen atoms in total. The number of rotatable bonds is 7. The van der Waals surface area contributed by atoms with Gasteiger partial charge < -0.3 is 9.47 Å². The summed E-state index contributed by atoms with van der Waals surface area (Å²) in [4.78, 5) is 0. The van der Waals surface area contributed by atoms with E-state index in [1.54, 1.807) is 0 Å². The van der Waals surface area contributed by atoms with Crippen LogP contribution in [0.15, 0.2) is 0 Å². The third-order valence-corrected chi connectivity index (χ3v) is 5.40. The Labute approximate surface area is 145 Å². The molecule has 0 spiro atoms.